The monoisotopic (exact) mass is 487 g/mol. The van der Waals surface area contributed by atoms with Gasteiger partial charge >= 0.3 is 0 Å². The lowest BCUT2D eigenvalue weighted by Gasteiger charge is -2.34. The van der Waals surface area contributed by atoms with Crippen molar-refractivity contribution in [3.05, 3.63) is 108 Å². The van der Waals surface area contributed by atoms with E-state index in [1.54, 1.807) is 4.90 Å². The van der Waals surface area contributed by atoms with Crippen molar-refractivity contribution >= 4 is 17.7 Å². The second-order valence-electron chi connectivity index (χ2n) is 10.2. The number of anilines is 1. The Hall–Kier alpha value is -4.19. The van der Waals surface area contributed by atoms with E-state index in [9.17, 15) is 4.79 Å². The molecule has 0 saturated heterocycles. The lowest BCUT2D eigenvalue weighted by molar-refractivity contribution is 0.0854. The number of guanidine groups is 1. The molecule has 1 saturated carbocycles. The number of benzene rings is 3. The molecule has 6 heteroatoms. The highest BCUT2D eigenvalue weighted by molar-refractivity contribution is 6.18. The van der Waals surface area contributed by atoms with Crippen LogP contribution in [0.2, 0.25) is 0 Å². The summed E-state index contributed by atoms with van der Waals surface area (Å²) < 4.78 is 2.13. The molecule has 2 atom stereocenters. The van der Waals surface area contributed by atoms with E-state index in [4.69, 9.17) is 9.98 Å². The molecule has 6 nitrogen and oxygen atoms in total. The summed E-state index contributed by atoms with van der Waals surface area (Å²) in [6, 6.07) is 30.0. The molecule has 7 rings (SSSR count). The maximum atomic E-state index is 13.7. The minimum Gasteiger partial charge on any atom is -0.317 e. The molecule has 0 bridgehead atoms. The number of fused-ring (bicyclic) bond motifs is 5. The van der Waals surface area contributed by atoms with Crippen LogP contribution in [0.3, 0.4) is 0 Å². The van der Waals surface area contributed by atoms with Crippen molar-refractivity contribution in [2.45, 2.75) is 44.3 Å². The van der Waals surface area contributed by atoms with Crippen molar-refractivity contribution in [3.8, 4) is 11.1 Å². The number of amides is 1. The van der Waals surface area contributed by atoms with Gasteiger partial charge in [0.1, 0.15) is 5.82 Å². The van der Waals surface area contributed by atoms with E-state index in [0.717, 1.165) is 36.0 Å². The zero-order valence-corrected chi connectivity index (χ0v) is 20.9. The van der Waals surface area contributed by atoms with Crippen LogP contribution in [0, 0.1) is 0 Å². The van der Waals surface area contributed by atoms with Gasteiger partial charge in [0.05, 0.1) is 12.1 Å². The molecule has 3 aliphatic rings. The average Bonchev–Trinajstić information content (AvgIpc) is 3.63. The van der Waals surface area contributed by atoms with Gasteiger partial charge in [0.2, 0.25) is 5.96 Å². The quantitative estimate of drug-likeness (QED) is 0.380. The molecule has 2 aliphatic heterocycles. The Labute approximate surface area is 216 Å². The van der Waals surface area contributed by atoms with Crippen molar-refractivity contribution in [2.24, 2.45) is 4.99 Å². The third-order valence-corrected chi connectivity index (χ3v) is 7.94. The van der Waals surface area contributed by atoms with Crippen LogP contribution >= 0.6 is 0 Å². The third-order valence-electron chi connectivity index (χ3n) is 7.94. The number of carbonyl (C=O) groups excluding carboxylic acids is 1. The molecule has 37 heavy (non-hydrogen) atoms. The summed E-state index contributed by atoms with van der Waals surface area (Å²) in [4.78, 5) is 27.8. The number of rotatable bonds is 5. The highest BCUT2D eigenvalue weighted by atomic mass is 16.2. The minimum atomic E-state index is -0.0286. The summed E-state index contributed by atoms with van der Waals surface area (Å²) >= 11 is 0. The van der Waals surface area contributed by atoms with Gasteiger partial charge in [0.15, 0.2) is 11.5 Å². The molecule has 1 fully saturated rings. The maximum absolute atomic E-state index is 13.7. The Kier molecular flexibility index (Phi) is 5.20. The van der Waals surface area contributed by atoms with E-state index >= 15 is 0 Å². The lowest BCUT2D eigenvalue weighted by Crippen LogP contribution is -2.51. The second kappa shape index (κ2) is 8.73. The number of nitrogens with zero attached hydrogens (tertiary/aromatic N) is 5. The largest absolute Gasteiger partial charge is 0.317 e. The van der Waals surface area contributed by atoms with Crippen LogP contribution in [-0.2, 0) is 13.0 Å². The molecular weight excluding hydrogens is 458 g/mol. The predicted molar refractivity (Wildman–Crippen MR) is 146 cm³/mol. The Bertz CT molecular complexity index is 1490. The Morgan fingerprint density at radius 2 is 1.54 bits per heavy atom. The molecule has 0 radical (unpaired) electrons. The fourth-order valence-electron chi connectivity index (χ4n) is 6.05. The first-order chi connectivity index (χ1) is 18.2. The molecule has 0 N–H and O–H groups in total. The van der Waals surface area contributed by atoms with Gasteiger partial charge in [-0.15, -0.1) is 0 Å². The zero-order chi connectivity index (χ0) is 24.9. The number of aromatic nitrogens is 2. The Morgan fingerprint density at radius 1 is 0.838 bits per heavy atom. The average molecular weight is 488 g/mol. The third kappa shape index (κ3) is 3.67. The first-order valence-corrected chi connectivity index (χ1v) is 13.1. The van der Waals surface area contributed by atoms with Crippen LogP contribution in [0.4, 0.5) is 5.82 Å². The second-order valence-corrected chi connectivity index (χ2v) is 10.2. The zero-order valence-electron chi connectivity index (χ0n) is 20.9. The van der Waals surface area contributed by atoms with Crippen LogP contribution < -0.4 is 4.90 Å². The summed E-state index contributed by atoms with van der Waals surface area (Å²) in [6.07, 6.45) is 3.98. The minimum absolute atomic E-state index is 0.0286. The molecule has 1 amide bonds. The molecule has 1 aromatic heterocycles. The highest BCUT2D eigenvalue weighted by Gasteiger charge is 2.49. The first kappa shape index (κ1) is 22.0. The van der Waals surface area contributed by atoms with Gasteiger partial charge in [-0.1, -0.05) is 84.9 Å². The van der Waals surface area contributed by atoms with Gasteiger partial charge in [0, 0.05) is 20.0 Å². The smallest absolute Gasteiger partial charge is 0.280 e. The predicted octanol–water partition coefficient (Wildman–Crippen LogP) is 5.37. The standard InChI is InChI=1S/C31H29N5O/c1-34-30(37)28-29(36-26-14-8-13-25(26)32-31(34)36)33-27(35(28)20-22-9-4-2-5-10-22)19-21-15-17-24(18-16-21)23-11-6-3-7-12-23/h2-7,9-12,15-18,25-26H,8,13-14,19-20H2,1H3/t25-,26?/m1/s1. The number of aliphatic imine (C=N–C) groups is 1. The van der Waals surface area contributed by atoms with Gasteiger partial charge in [0.25, 0.3) is 5.91 Å². The fraction of sp³-hybridized carbons (Fsp3) is 0.258. The molecule has 3 heterocycles. The van der Waals surface area contributed by atoms with Crippen LogP contribution in [0.25, 0.3) is 11.1 Å². The molecule has 4 aromatic rings. The summed E-state index contributed by atoms with van der Waals surface area (Å²) in [6.45, 7) is 0.606. The summed E-state index contributed by atoms with van der Waals surface area (Å²) in [5.74, 6) is 2.42. The van der Waals surface area contributed by atoms with Gasteiger partial charge in [-0.25, -0.2) is 9.98 Å². The van der Waals surface area contributed by atoms with Crippen LogP contribution in [0.15, 0.2) is 89.9 Å². The van der Waals surface area contributed by atoms with Gasteiger partial charge in [-0.2, -0.15) is 0 Å². The van der Waals surface area contributed by atoms with Crippen LogP contribution in [-0.4, -0.2) is 45.4 Å². The van der Waals surface area contributed by atoms with Gasteiger partial charge < -0.3 is 4.57 Å². The van der Waals surface area contributed by atoms with Crippen LogP contribution in [0.5, 0.6) is 0 Å². The Morgan fingerprint density at radius 3 is 2.30 bits per heavy atom. The van der Waals surface area contributed by atoms with E-state index in [2.05, 4.69) is 70.1 Å². The topological polar surface area (TPSA) is 53.7 Å². The molecule has 184 valence electrons. The van der Waals surface area contributed by atoms with Gasteiger partial charge in [-0.05, 0) is 41.5 Å². The summed E-state index contributed by atoms with van der Waals surface area (Å²) in [7, 11) is 1.85. The van der Waals surface area contributed by atoms with E-state index in [0.29, 0.717) is 24.7 Å². The first-order valence-electron chi connectivity index (χ1n) is 13.1. The van der Waals surface area contributed by atoms with Crippen LogP contribution in [0.1, 0.15) is 46.7 Å². The van der Waals surface area contributed by atoms with Crippen molar-refractivity contribution in [2.75, 3.05) is 11.9 Å². The highest BCUT2D eigenvalue weighted by Crippen LogP contribution is 2.41. The van der Waals surface area contributed by atoms with E-state index in [-0.39, 0.29) is 11.9 Å². The van der Waals surface area contributed by atoms with Crippen molar-refractivity contribution in [1.29, 1.82) is 0 Å². The van der Waals surface area contributed by atoms with Crippen molar-refractivity contribution in [3.63, 3.8) is 0 Å². The van der Waals surface area contributed by atoms with Crippen molar-refractivity contribution in [1.82, 2.24) is 14.5 Å². The lowest BCUT2D eigenvalue weighted by atomic mass is 10.0. The SMILES string of the molecule is CN1C(=O)c2c(nc(Cc3ccc(-c4ccccc4)cc3)n2Cc2ccccc2)N2C1=N[C@@H]1CCCC12. The van der Waals surface area contributed by atoms with E-state index in [1.165, 1.54) is 23.1 Å². The molecular formula is C31H29N5O. The van der Waals surface area contributed by atoms with Crippen molar-refractivity contribution < 1.29 is 4.79 Å². The number of hydrogen-bond acceptors (Lipinski definition) is 4. The maximum Gasteiger partial charge on any atom is 0.280 e. The fourth-order valence-corrected chi connectivity index (χ4v) is 6.05. The number of carbonyl (C=O) groups is 1. The normalized spacial score (nSPS) is 20.0. The number of imidazole rings is 1. The molecule has 1 unspecified atom stereocenters. The summed E-state index contributed by atoms with van der Waals surface area (Å²) in [5, 5.41) is 0. The summed E-state index contributed by atoms with van der Waals surface area (Å²) in [5.41, 5.74) is 5.40. The van der Waals surface area contributed by atoms with E-state index in [1.807, 2.05) is 31.3 Å². The Balaban J connectivity index is 1.30. The molecule has 0 spiro atoms. The number of hydrogen-bond donors (Lipinski definition) is 0. The van der Waals surface area contributed by atoms with E-state index < -0.39 is 0 Å². The molecule has 3 aromatic carbocycles. The van der Waals surface area contributed by atoms with Gasteiger partial charge in [-0.3, -0.25) is 14.6 Å². The molecule has 1 aliphatic carbocycles.